The Balaban J connectivity index is 2.24. The van der Waals surface area contributed by atoms with E-state index in [1.54, 1.807) is 11.3 Å². The highest BCUT2D eigenvalue weighted by Crippen LogP contribution is 2.22. The zero-order chi connectivity index (χ0) is 9.52. The molecule has 0 aliphatic rings. The number of halogens is 1. The molecule has 0 aliphatic heterocycles. The van der Waals surface area contributed by atoms with E-state index in [0.717, 1.165) is 30.0 Å². The third-order valence-corrected chi connectivity index (χ3v) is 2.92. The van der Waals surface area contributed by atoms with E-state index in [1.807, 2.05) is 6.07 Å². The van der Waals surface area contributed by atoms with Crippen molar-refractivity contribution < 1.29 is 0 Å². The van der Waals surface area contributed by atoms with Gasteiger partial charge >= 0.3 is 0 Å². The minimum absolute atomic E-state index is 0.872. The number of thiophene rings is 1. The van der Waals surface area contributed by atoms with Crippen LogP contribution in [0.4, 0.5) is 0 Å². The fourth-order valence-electron chi connectivity index (χ4n) is 0.974. The van der Waals surface area contributed by atoms with Gasteiger partial charge in [-0.25, -0.2) is 0 Å². The first-order valence-corrected chi connectivity index (χ1v) is 5.72. The van der Waals surface area contributed by atoms with Crippen LogP contribution in [0.25, 0.3) is 0 Å². The Morgan fingerprint density at radius 2 is 2.08 bits per heavy atom. The number of unbranched alkanes of at least 4 members (excludes halogenated alkanes) is 1. The maximum absolute atomic E-state index is 5.81. The molecule has 0 amide bonds. The van der Waals surface area contributed by atoms with E-state index in [9.17, 15) is 0 Å². The Morgan fingerprint density at radius 1 is 1.31 bits per heavy atom. The second kappa shape index (κ2) is 6.07. The van der Waals surface area contributed by atoms with Crippen molar-refractivity contribution in [1.29, 1.82) is 0 Å². The van der Waals surface area contributed by atoms with Crippen LogP contribution in [0.5, 0.6) is 0 Å². The van der Waals surface area contributed by atoms with Gasteiger partial charge in [-0.1, -0.05) is 18.5 Å². The summed E-state index contributed by atoms with van der Waals surface area (Å²) in [7, 11) is 0. The molecule has 1 aromatic heterocycles. The molecule has 1 rings (SSSR count). The third kappa shape index (κ3) is 4.36. The summed E-state index contributed by atoms with van der Waals surface area (Å²) in [4.78, 5) is 1.33. The van der Waals surface area contributed by atoms with Crippen LogP contribution in [0.2, 0.25) is 4.34 Å². The summed E-state index contributed by atoms with van der Waals surface area (Å²) in [6.07, 6.45) is 4.16. The van der Waals surface area contributed by atoms with Gasteiger partial charge in [0.2, 0.25) is 0 Å². The zero-order valence-corrected chi connectivity index (χ0v) is 9.34. The normalized spacial score (nSPS) is 9.38. The summed E-state index contributed by atoms with van der Waals surface area (Å²) in [5.74, 6) is 6.29. The van der Waals surface area contributed by atoms with Gasteiger partial charge in [0.25, 0.3) is 0 Å². The molecule has 0 aliphatic carbocycles. The quantitative estimate of drug-likeness (QED) is 0.661. The average molecular weight is 213 g/mol. The summed E-state index contributed by atoms with van der Waals surface area (Å²) < 4.78 is 0.872. The van der Waals surface area contributed by atoms with Gasteiger partial charge in [-0.2, -0.15) is 0 Å². The van der Waals surface area contributed by atoms with E-state index in [4.69, 9.17) is 11.6 Å². The predicted molar refractivity (Wildman–Crippen MR) is 60.3 cm³/mol. The van der Waals surface area contributed by atoms with E-state index >= 15 is 0 Å². The van der Waals surface area contributed by atoms with Crippen molar-refractivity contribution in [3.63, 3.8) is 0 Å². The highest BCUT2D eigenvalue weighted by atomic mass is 35.5. The standard InChI is InChI=1S/C11H13ClS/c1-2-3-4-5-6-7-10-8-9-11(12)13-10/h8-9H,2-3,6-7H2,1H3. The first kappa shape index (κ1) is 10.6. The molecular formula is C11H13ClS. The summed E-state index contributed by atoms with van der Waals surface area (Å²) in [5, 5.41) is 0. The SMILES string of the molecule is CCCC#CCCc1ccc(Cl)s1. The summed E-state index contributed by atoms with van der Waals surface area (Å²) in [6, 6.07) is 4.02. The molecule has 2 heteroatoms. The second-order valence-electron chi connectivity index (χ2n) is 2.81. The van der Waals surface area contributed by atoms with E-state index in [-0.39, 0.29) is 0 Å². The molecule has 0 N–H and O–H groups in total. The van der Waals surface area contributed by atoms with Crippen LogP contribution >= 0.6 is 22.9 Å². The fourth-order valence-corrected chi connectivity index (χ4v) is 2.06. The summed E-state index contributed by atoms with van der Waals surface area (Å²) >= 11 is 7.45. The fraction of sp³-hybridized carbons (Fsp3) is 0.455. The molecule has 0 fully saturated rings. The lowest BCUT2D eigenvalue weighted by Gasteiger charge is -1.87. The summed E-state index contributed by atoms with van der Waals surface area (Å²) in [6.45, 7) is 2.15. The molecule has 0 unspecified atom stereocenters. The van der Waals surface area contributed by atoms with Gasteiger partial charge in [-0.05, 0) is 25.0 Å². The van der Waals surface area contributed by atoms with E-state index in [0.29, 0.717) is 0 Å². The largest absolute Gasteiger partial charge is 0.128 e. The van der Waals surface area contributed by atoms with Crippen molar-refractivity contribution in [2.75, 3.05) is 0 Å². The summed E-state index contributed by atoms with van der Waals surface area (Å²) in [5.41, 5.74) is 0. The molecule has 0 atom stereocenters. The van der Waals surface area contributed by atoms with Crippen molar-refractivity contribution in [3.8, 4) is 11.8 Å². The van der Waals surface area contributed by atoms with Crippen molar-refractivity contribution in [1.82, 2.24) is 0 Å². The minimum Gasteiger partial charge on any atom is -0.128 e. The van der Waals surface area contributed by atoms with Gasteiger partial charge in [0.05, 0.1) is 4.34 Å². The van der Waals surface area contributed by atoms with Gasteiger partial charge in [0.15, 0.2) is 0 Å². The highest BCUT2D eigenvalue weighted by Gasteiger charge is 1.95. The van der Waals surface area contributed by atoms with E-state index < -0.39 is 0 Å². The Hall–Kier alpha value is -0.450. The van der Waals surface area contributed by atoms with Crippen LogP contribution in [-0.2, 0) is 6.42 Å². The van der Waals surface area contributed by atoms with Crippen LogP contribution in [-0.4, -0.2) is 0 Å². The number of hydrogen-bond acceptors (Lipinski definition) is 1. The highest BCUT2D eigenvalue weighted by molar-refractivity contribution is 7.16. The Bertz CT molecular complexity index is 303. The van der Waals surface area contributed by atoms with Gasteiger partial charge in [-0.15, -0.1) is 23.2 Å². The van der Waals surface area contributed by atoms with Gasteiger partial charge < -0.3 is 0 Å². The maximum atomic E-state index is 5.81. The van der Waals surface area contributed by atoms with Crippen LogP contribution in [0.15, 0.2) is 12.1 Å². The second-order valence-corrected chi connectivity index (χ2v) is 4.61. The van der Waals surface area contributed by atoms with Crippen molar-refractivity contribution in [2.45, 2.75) is 32.6 Å². The molecule has 0 aromatic carbocycles. The zero-order valence-electron chi connectivity index (χ0n) is 7.77. The molecule has 0 saturated heterocycles. The van der Waals surface area contributed by atoms with Crippen LogP contribution in [0.1, 0.15) is 31.1 Å². The molecule has 0 nitrogen and oxygen atoms in total. The third-order valence-electron chi connectivity index (χ3n) is 1.63. The Kier molecular flexibility index (Phi) is 4.97. The lowest BCUT2D eigenvalue weighted by molar-refractivity contribution is 0.976. The molecule has 13 heavy (non-hydrogen) atoms. The smallest absolute Gasteiger partial charge is 0.0931 e. The lowest BCUT2D eigenvalue weighted by Crippen LogP contribution is -1.75. The van der Waals surface area contributed by atoms with E-state index in [2.05, 4.69) is 24.8 Å². The molecule has 70 valence electrons. The molecule has 0 spiro atoms. The molecule has 0 radical (unpaired) electrons. The van der Waals surface area contributed by atoms with Crippen molar-refractivity contribution in [3.05, 3.63) is 21.3 Å². The first-order chi connectivity index (χ1) is 6.33. The van der Waals surface area contributed by atoms with Crippen molar-refractivity contribution >= 4 is 22.9 Å². The number of hydrogen-bond donors (Lipinski definition) is 0. The number of aryl methyl sites for hydroxylation is 1. The van der Waals surface area contributed by atoms with Crippen LogP contribution < -0.4 is 0 Å². The average Bonchev–Trinajstić information content (AvgIpc) is 2.51. The molecular weight excluding hydrogens is 200 g/mol. The predicted octanol–water partition coefficient (Wildman–Crippen LogP) is 4.14. The van der Waals surface area contributed by atoms with E-state index in [1.165, 1.54) is 4.88 Å². The Labute approximate surface area is 88.9 Å². The maximum Gasteiger partial charge on any atom is 0.0931 e. The number of rotatable bonds is 3. The van der Waals surface area contributed by atoms with Gasteiger partial charge in [0, 0.05) is 17.7 Å². The van der Waals surface area contributed by atoms with Gasteiger partial charge in [0.1, 0.15) is 0 Å². The first-order valence-electron chi connectivity index (χ1n) is 4.53. The topological polar surface area (TPSA) is 0 Å². The Morgan fingerprint density at radius 3 is 2.69 bits per heavy atom. The minimum atomic E-state index is 0.872. The van der Waals surface area contributed by atoms with Crippen LogP contribution in [0, 0.1) is 11.8 Å². The molecule has 1 aromatic rings. The van der Waals surface area contributed by atoms with Crippen molar-refractivity contribution in [2.24, 2.45) is 0 Å². The molecule has 1 heterocycles. The molecule has 0 bridgehead atoms. The van der Waals surface area contributed by atoms with Crippen LogP contribution in [0.3, 0.4) is 0 Å². The van der Waals surface area contributed by atoms with Gasteiger partial charge in [-0.3, -0.25) is 0 Å². The molecule has 0 saturated carbocycles. The lowest BCUT2D eigenvalue weighted by atomic mass is 10.2. The monoisotopic (exact) mass is 212 g/mol.